The van der Waals surface area contributed by atoms with Crippen molar-refractivity contribution >= 4 is 0 Å². The van der Waals surface area contributed by atoms with E-state index in [1.165, 1.54) is 5.56 Å². The summed E-state index contributed by atoms with van der Waals surface area (Å²) in [6.07, 6.45) is -0.291. The Balaban J connectivity index is 2.38. The van der Waals surface area contributed by atoms with Gasteiger partial charge in [-0.05, 0) is 45.0 Å². The molecule has 1 atom stereocenters. The normalized spacial score (nSPS) is 12.8. The summed E-state index contributed by atoms with van der Waals surface area (Å²) in [5.41, 5.74) is 2.37. The number of aryl methyl sites for hydroxylation is 2. The molecule has 0 spiro atoms. The van der Waals surface area contributed by atoms with E-state index < -0.39 is 0 Å². The molecule has 0 saturated carbocycles. The summed E-state index contributed by atoms with van der Waals surface area (Å²) in [4.78, 5) is 2.07. The molecule has 0 heterocycles. The molecule has 1 unspecified atom stereocenters. The van der Waals surface area contributed by atoms with Crippen LogP contribution in [0.25, 0.3) is 0 Å². The van der Waals surface area contributed by atoms with Crippen LogP contribution in [0.4, 0.5) is 0 Å². The van der Waals surface area contributed by atoms with Gasteiger partial charge in [0, 0.05) is 13.1 Å². The van der Waals surface area contributed by atoms with Crippen molar-refractivity contribution in [3.05, 3.63) is 29.3 Å². The number of aliphatic hydroxyl groups is 1. The van der Waals surface area contributed by atoms with Crippen molar-refractivity contribution in [2.45, 2.75) is 26.9 Å². The summed E-state index contributed by atoms with van der Waals surface area (Å²) < 4.78 is 5.75. The Morgan fingerprint density at radius 2 is 2.06 bits per heavy atom. The second-order valence-corrected chi connectivity index (χ2v) is 4.73. The number of nitrogens with zero attached hydrogens (tertiary/aromatic N) is 1. The SMILES string of the molecule is Cc1ccc(C)c(OCCN(C)CC(C)O)c1. The van der Waals surface area contributed by atoms with Crippen LogP contribution in [0.15, 0.2) is 18.2 Å². The summed E-state index contributed by atoms with van der Waals surface area (Å²) in [5.74, 6) is 0.954. The van der Waals surface area contributed by atoms with Crippen LogP contribution >= 0.6 is 0 Å². The maximum absolute atomic E-state index is 9.24. The van der Waals surface area contributed by atoms with Crippen molar-refractivity contribution in [1.29, 1.82) is 0 Å². The van der Waals surface area contributed by atoms with Crippen LogP contribution < -0.4 is 4.74 Å². The molecule has 0 aliphatic carbocycles. The highest BCUT2D eigenvalue weighted by Crippen LogP contribution is 2.18. The molecule has 0 bridgehead atoms. The maximum atomic E-state index is 9.24. The number of ether oxygens (including phenoxy) is 1. The molecule has 0 amide bonds. The Bertz CT molecular complexity index is 350. The first kappa shape index (κ1) is 14.0. The quantitative estimate of drug-likeness (QED) is 0.821. The Morgan fingerprint density at radius 1 is 1.35 bits per heavy atom. The zero-order valence-electron chi connectivity index (χ0n) is 11.2. The Kier molecular flexibility index (Phi) is 5.45. The second kappa shape index (κ2) is 6.62. The molecule has 0 saturated heterocycles. The smallest absolute Gasteiger partial charge is 0.122 e. The molecule has 1 aromatic rings. The van der Waals surface area contributed by atoms with Gasteiger partial charge in [0.05, 0.1) is 6.10 Å². The largest absolute Gasteiger partial charge is 0.492 e. The zero-order valence-corrected chi connectivity index (χ0v) is 11.2. The molecule has 1 rings (SSSR count). The van der Waals surface area contributed by atoms with E-state index in [-0.39, 0.29) is 6.10 Å². The minimum absolute atomic E-state index is 0.291. The molecule has 17 heavy (non-hydrogen) atoms. The van der Waals surface area contributed by atoms with Crippen molar-refractivity contribution < 1.29 is 9.84 Å². The Hall–Kier alpha value is -1.06. The van der Waals surface area contributed by atoms with E-state index in [0.717, 1.165) is 17.9 Å². The summed E-state index contributed by atoms with van der Waals surface area (Å²) in [6.45, 7) is 8.05. The first-order valence-corrected chi connectivity index (χ1v) is 6.05. The Labute approximate surface area is 104 Å². The number of benzene rings is 1. The predicted molar refractivity (Wildman–Crippen MR) is 70.6 cm³/mol. The monoisotopic (exact) mass is 237 g/mol. The number of aliphatic hydroxyl groups excluding tert-OH is 1. The lowest BCUT2D eigenvalue weighted by Gasteiger charge is -2.19. The summed E-state index contributed by atoms with van der Waals surface area (Å²) in [7, 11) is 1.99. The van der Waals surface area contributed by atoms with Gasteiger partial charge in [0.25, 0.3) is 0 Å². The van der Waals surface area contributed by atoms with E-state index in [9.17, 15) is 5.11 Å². The highest BCUT2D eigenvalue weighted by Gasteiger charge is 2.04. The highest BCUT2D eigenvalue weighted by atomic mass is 16.5. The van der Waals surface area contributed by atoms with Gasteiger partial charge >= 0.3 is 0 Å². The number of likely N-dealkylation sites (N-methyl/N-ethyl adjacent to an activating group) is 1. The number of hydrogen-bond donors (Lipinski definition) is 1. The first-order valence-electron chi connectivity index (χ1n) is 6.05. The van der Waals surface area contributed by atoms with Crippen LogP contribution in [0, 0.1) is 13.8 Å². The zero-order chi connectivity index (χ0) is 12.8. The fraction of sp³-hybridized carbons (Fsp3) is 0.571. The highest BCUT2D eigenvalue weighted by molar-refractivity contribution is 5.35. The van der Waals surface area contributed by atoms with Gasteiger partial charge in [0.1, 0.15) is 12.4 Å². The third-order valence-electron chi connectivity index (χ3n) is 2.65. The summed E-state index contributed by atoms with van der Waals surface area (Å²) in [5, 5.41) is 9.24. The molecule has 0 radical (unpaired) electrons. The molecular weight excluding hydrogens is 214 g/mol. The van der Waals surface area contributed by atoms with Gasteiger partial charge in [-0.25, -0.2) is 0 Å². The third-order valence-corrected chi connectivity index (χ3v) is 2.65. The average molecular weight is 237 g/mol. The fourth-order valence-corrected chi connectivity index (χ4v) is 1.72. The van der Waals surface area contributed by atoms with E-state index in [1.807, 2.05) is 14.0 Å². The molecular formula is C14H23NO2. The van der Waals surface area contributed by atoms with Gasteiger partial charge in [-0.2, -0.15) is 0 Å². The molecule has 3 nitrogen and oxygen atoms in total. The maximum Gasteiger partial charge on any atom is 0.122 e. The first-order chi connectivity index (χ1) is 7.99. The fourth-order valence-electron chi connectivity index (χ4n) is 1.72. The topological polar surface area (TPSA) is 32.7 Å². The molecule has 0 aromatic heterocycles. The van der Waals surface area contributed by atoms with Crippen LogP contribution in [0.2, 0.25) is 0 Å². The molecule has 0 aliphatic rings. The average Bonchev–Trinajstić information content (AvgIpc) is 2.22. The van der Waals surface area contributed by atoms with Gasteiger partial charge in [0.2, 0.25) is 0 Å². The van der Waals surface area contributed by atoms with Crippen LogP contribution in [0.1, 0.15) is 18.1 Å². The summed E-state index contributed by atoms with van der Waals surface area (Å²) in [6, 6.07) is 6.22. The Morgan fingerprint density at radius 3 is 2.71 bits per heavy atom. The van der Waals surface area contributed by atoms with Crippen LogP contribution in [0.3, 0.4) is 0 Å². The third kappa shape index (κ3) is 5.20. The van der Waals surface area contributed by atoms with Crippen molar-refractivity contribution in [2.75, 3.05) is 26.7 Å². The van der Waals surface area contributed by atoms with E-state index in [1.54, 1.807) is 6.92 Å². The number of hydrogen-bond acceptors (Lipinski definition) is 3. The lowest BCUT2D eigenvalue weighted by molar-refractivity contribution is 0.131. The van der Waals surface area contributed by atoms with E-state index in [2.05, 4.69) is 30.0 Å². The van der Waals surface area contributed by atoms with Crippen molar-refractivity contribution in [3.8, 4) is 5.75 Å². The molecule has 96 valence electrons. The van der Waals surface area contributed by atoms with E-state index in [4.69, 9.17) is 4.74 Å². The standard InChI is InChI=1S/C14H23NO2/c1-11-5-6-12(2)14(9-11)17-8-7-15(4)10-13(3)16/h5-6,9,13,16H,7-8,10H2,1-4H3. The van der Waals surface area contributed by atoms with Crippen molar-refractivity contribution in [2.24, 2.45) is 0 Å². The minimum atomic E-state index is -0.291. The lowest BCUT2D eigenvalue weighted by atomic mass is 10.1. The summed E-state index contributed by atoms with van der Waals surface area (Å²) >= 11 is 0. The van der Waals surface area contributed by atoms with Gasteiger partial charge in [0.15, 0.2) is 0 Å². The molecule has 0 fully saturated rings. The van der Waals surface area contributed by atoms with E-state index in [0.29, 0.717) is 13.2 Å². The van der Waals surface area contributed by atoms with Gasteiger partial charge in [-0.15, -0.1) is 0 Å². The van der Waals surface area contributed by atoms with Crippen LogP contribution in [-0.2, 0) is 0 Å². The lowest BCUT2D eigenvalue weighted by Crippen LogP contribution is -2.30. The van der Waals surface area contributed by atoms with Crippen molar-refractivity contribution in [1.82, 2.24) is 4.90 Å². The molecule has 3 heteroatoms. The molecule has 1 aromatic carbocycles. The van der Waals surface area contributed by atoms with Crippen LogP contribution in [0.5, 0.6) is 5.75 Å². The molecule has 0 aliphatic heterocycles. The number of rotatable bonds is 6. The van der Waals surface area contributed by atoms with Crippen molar-refractivity contribution in [3.63, 3.8) is 0 Å². The predicted octanol–water partition coefficient (Wildman–Crippen LogP) is 1.99. The van der Waals surface area contributed by atoms with Gasteiger partial charge in [-0.1, -0.05) is 12.1 Å². The van der Waals surface area contributed by atoms with Gasteiger partial charge in [-0.3, -0.25) is 0 Å². The van der Waals surface area contributed by atoms with Crippen LogP contribution in [-0.4, -0.2) is 42.9 Å². The molecule has 1 N–H and O–H groups in total. The van der Waals surface area contributed by atoms with Gasteiger partial charge < -0.3 is 14.7 Å². The second-order valence-electron chi connectivity index (χ2n) is 4.73. The minimum Gasteiger partial charge on any atom is -0.492 e. The van der Waals surface area contributed by atoms with E-state index >= 15 is 0 Å².